The summed E-state index contributed by atoms with van der Waals surface area (Å²) in [6.45, 7) is 12.1. The number of rotatable bonds is 4. The Kier molecular flexibility index (Phi) is 4.00. The molecule has 0 radical (unpaired) electrons. The van der Waals surface area contributed by atoms with Gasteiger partial charge in [0.05, 0.1) is 0 Å². The molecule has 1 aromatic heterocycles. The molecule has 1 atom stereocenters. The third-order valence-electron chi connectivity index (χ3n) is 3.66. The first-order valence-corrected chi connectivity index (χ1v) is 7.28. The fraction of sp³-hybridized carbons (Fsp3) is 0.529. The summed E-state index contributed by atoms with van der Waals surface area (Å²) in [7, 11) is 0. The van der Waals surface area contributed by atoms with Crippen LogP contribution in [0.25, 0.3) is 10.9 Å². The highest BCUT2D eigenvalue weighted by molar-refractivity contribution is 5.85. The first-order valence-electron chi connectivity index (χ1n) is 7.28. The number of nitrogens with two attached hydrogens (primary N) is 1. The molecule has 1 heterocycles. The van der Waals surface area contributed by atoms with Crippen LogP contribution in [0, 0.1) is 5.92 Å². The average Bonchev–Trinajstić information content (AvgIpc) is 2.67. The van der Waals surface area contributed by atoms with Crippen molar-refractivity contribution >= 4 is 10.9 Å². The molecule has 0 fully saturated rings. The molecule has 0 aliphatic heterocycles. The van der Waals surface area contributed by atoms with Crippen LogP contribution in [0.15, 0.2) is 24.4 Å². The molecule has 0 bridgehead atoms. The first-order chi connectivity index (χ1) is 8.90. The van der Waals surface area contributed by atoms with E-state index in [1.54, 1.807) is 0 Å². The van der Waals surface area contributed by atoms with Crippen LogP contribution in [0.3, 0.4) is 0 Å². The summed E-state index contributed by atoms with van der Waals surface area (Å²) in [6, 6.07) is 6.88. The zero-order valence-electron chi connectivity index (χ0n) is 12.8. The van der Waals surface area contributed by atoms with Gasteiger partial charge < -0.3 is 10.3 Å². The molecule has 19 heavy (non-hydrogen) atoms. The maximum absolute atomic E-state index is 6.11. The lowest BCUT2D eigenvalue weighted by Gasteiger charge is -2.10. The fourth-order valence-electron chi connectivity index (χ4n) is 2.60. The molecular weight excluding hydrogens is 232 g/mol. The molecular formula is C17H26N2. The molecule has 2 aromatic rings. The van der Waals surface area contributed by atoms with E-state index in [2.05, 4.69) is 63.6 Å². The Morgan fingerprint density at radius 1 is 1.11 bits per heavy atom. The molecule has 0 saturated carbocycles. The number of hydrogen-bond acceptors (Lipinski definition) is 1. The SMILES string of the molecule is CC(C)Cn1cc([C@@H](C)N)c2ccc(C(C)C)cc21. The Morgan fingerprint density at radius 3 is 2.32 bits per heavy atom. The summed E-state index contributed by atoms with van der Waals surface area (Å²) >= 11 is 0. The van der Waals surface area contributed by atoms with E-state index in [9.17, 15) is 0 Å². The van der Waals surface area contributed by atoms with Crippen LogP contribution in [0.2, 0.25) is 0 Å². The summed E-state index contributed by atoms with van der Waals surface area (Å²) in [4.78, 5) is 0. The van der Waals surface area contributed by atoms with Crippen LogP contribution < -0.4 is 5.73 Å². The molecule has 0 spiro atoms. The van der Waals surface area contributed by atoms with E-state index in [1.165, 1.54) is 22.0 Å². The van der Waals surface area contributed by atoms with Crippen molar-refractivity contribution in [1.29, 1.82) is 0 Å². The molecule has 0 unspecified atom stereocenters. The quantitative estimate of drug-likeness (QED) is 0.863. The van der Waals surface area contributed by atoms with E-state index in [1.807, 2.05) is 0 Å². The van der Waals surface area contributed by atoms with Crippen LogP contribution >= 0.6 is 0 Å². The summed E-state index contributed by atoms with van der Waals surface area (Å²) in [5, 5.41) is 1.31. The Labute approximate surface area is 116 Å². The van der Waals surface area contributed by atoms with Crippen LogP contribution in [-0.2, 0) is 6.54 Å². The molecule has 0 aliphatic rings. The highest BCUT2D eigenvalue weighted by Crippen LogP contribution is 2.29. The van der Waals surface area contributed by atoms with Gasteiger partial charge in [0.15, 0.2) is 0 Å². The van der Waals surface area contributed by atoms with Gasteiger partial charge in [-0.15, -0.1) is 0 Å². The van der Waals surface area contributed by atoms with Gasteiger partial charge in [0.25, 0.3) is 0 Å². The molecule has 0 aliphatic carbocycles. The zero-order valence-corrected chi connectivity index (χ0v) is 12.8. The Morgan fingerprint density at radius 2 is 1.79 bits per heavy atom. The monoisotopic (exact) mass is 258 g/mol. The second-order valence-electron chi connectivity index (χ2n) is 6.35. The Hall–Kier alpha value is -1.28. The van der Waals surface area contributed by atoms with Gasteiger partial charge >= 0.3 is 0 Å². The smallest absolute Gasteiger partial charge is 0.0486 e. The summed E-state index contributed by atoms with van der Waals surface area (Å²) in [6.07, 6.45) is 2.24. The van der Waals surface area contributed by atoms with Crippen molar-refractivity contribution in [1.82, 2.24) is 4.57 Å². The predicted octanol–water partition coefficient (Wildman–Crippen LogP) is 4.44. The van der Waals surface area contributed by atoms with E-state index in [4.69, 9.17) is 5.73 Å². The molecule has 104 valence electrons. The van der Waals surface area contributed by atoms with Crippen molar-refractivity contribution < 1.29 is 0 Å². The molecule has 0 amide bonds. The highest BCUT2D eigenvalue weighted by atomic mass is 15.0. The normalized spacial score (nSPS) is 13.7. The van der Waals surface area contributed by atoms with Gasteiger partial charge in [-0.2, -0.15) is 0 Å². The van der Waals surface area contributed by atoms with Crippen LogP contribution in [0.1, 0.15) is 57.7 Å². The topological polar surface area (TPSA) is 30.9 Å². The largest absolute Gasteiger partial charge is 0.347 e. The van der Waals surface area contributed by atoms with Crippen LogP contribution in [0.5, 0.6) is 0 Å². The summed E-state index contributed by atoms with van der Waals surface area (Å²) in [5.41, 5.74) is 10.1. The van der Waals surface area contributed by atoms with E-state index >= 15 is 0 Å². The number of aromatic nitrogens is 1. The zero-order chi connectivity index (χ0) is 14.2. The second kappa shape index (κ2) is 5.38. The molecule has 2 nitrogen and oxygen atoms in total. The van der Waals surface area contributed by atoms with Crippen molar-refractivity contribution in [3.63, 3.8) is 0 Å². The van der Waals surface area contributed by atoms with Gasteiger partial charge in [-0.25, -0.2) is 0 Å². The molecule has 0 saturated heterocycles. The minimum atomic E-state index is 0.0841. The third-order valence-corrected chi connectivity index (χ3v) is 3.66. The van der Waals surface area contributed by atoms with Crippen molar-refractivity contribution in [2.45, 2.75) is 53.1 Å². The highest BCUT2D eigenvalue weighted by Gasteiger charge is 2.13. The van der Waals surface area contributed by atoms with Gasteiger partial charge in [0.2, 0.25) is 0 Å². The minimum Gasteiger partial charge on any atom is -0.347 e. The molecule has 2 rings (SSSR count). The maximum atomic E-state index is 6.11. The van der Waals surface area contributed by atoms with Crippen molar-refractivity contribution in [3.8, 4) is 0 Å². The van der Waals surface area contributed by atoms with Gasteiger partial charge in [0, 0.05) is 29.7 Å². The van der Waals surface area contributed by atoms with Crippen molar-refractivity contribution in [2.24, 2.45) is 11.7 Å². The van der Waals surface area contributed by atoms with Crippen LogP contribution in [-0.4, -0.2) is 4.57 Å². The third kappa shape index (κ3) is 2.84. The molecule has 2 heteroatoms. The number of hydrogen-bond donors (Lipinski definition) is 1. The fourth-order valence-corrected chi connectivity index (χ4v) is 2.60. The van der Waals surface area contributed by atoms with Gasteiger partial charge in [-0.1, -0.05) is 39.8 Å². The molecule has 2 N–H and O–H groups in total. The Balaban J connectivity index is 2.61. The minimum absolute atomic E-state index is 0.0841. The predicted molar refractivity (Wildman–Crippen MR) is 83.5 cm³/mol. The first kappa shape index (κ1) is 14.1. The lowest BCUT2D eigenvalue weighted by Crippen LogP contribution is -2.05. The van der Waals surface area contributed by atoms with Crippen molar-refractivity contribution in [3.05, 3.63) is 35.5 Å². The Bertz CT molecular complexity index is 562. The average molecular weight is 258 g/mol. The number of benzene rings is 1. The van der Waals surface area contributed by atoms with Gasteiger partial charge in [-0.3, -0.25) is 0 Å². The van der Waals surface area contributed by atoms with Crippen LogP contribution in [0.4, 0.5) is 0 Å². The lowest BCUT2D eigenvalue weighted by molar-refractivity contribution is 0.533. The van der Waals surface area contributed by atoms with E-state index in [-0.39, 0.29) is 6.04 Å². The van der Waals surface area contributed by atoms with Crippen molar-refractivity contribution in [2.75, 3.05) is 0 Å². The number of fused-ring (bicyclic) bond motifs is 1. The lowest BCUT2D eigenvalue weighted by atomic mass is 10.00. The van der Waals surface area contributed by atoms with E-state index in [0.717, 1.165) is 6.54 Å². The number of nitrogens with zero attached hydrogens (tertiary/aromatic N) is 1. The van der Waals surface area contributed by atoms with Gasteiger partial charge in [-0.05, 0) is 36.0 Å². The van der Waals surface area contributed by atoms with Gasteiger partial charge in [0.1, 0.15) is 0 Å². The second-order valence-corrected chi connectivity index (χ2v) is 6.35. The van der Waals surface area contributed by atoms with E-state index < -0.39 is 0 Å². The standard InChI is InChI=1S/C17H26N2/c1-11(2)9-19-10-16(13(5)18)15-7-6-14(12(3)4)8-17(15)19/h6-8,10-13H,9,18H2,1-5H3/t13-/m1/s1. The summed E-state index contributed by atoms with van der Waals surface area (Å²) < 4.78 is 2.37. The van der Waals surface area contributed by atoms with E-state index in [0.29, 0.717) is 11.8 Å². The summed E-state index contributed by atoms with van der Waals surface area (Å²) in [5.74, 6) is 1.20. The maximum Gasteiger partial charge on any atom is 0.0486 e. The molecule has 1 aromatic carbocycles.